The van der Waals surface area contributed by atoms with E-state index in [2.05, 4.69) is 101 Å². The third-order valence-corrected chi connectivity index (χ3v) is 16.4. The van der Waals surface area contributed by atoms with E-state index in [4.69, 9.17) is 18.9 Å². The molecule has 1 aliphatic rings. The first-order valence-corrected chi connectivity index (χ1v) is 24.4. The van der Waals surface area contributed by atoms with E-state index in [0.717, 1.165) is 62.1 Å². The van der Waals surface area contributed by atoms with Crippen molar-refractivity contribution in [2.45, 2.75) is 110 Å². The lowest BCUT2D eigenvalue weighted by atomic mass is 10.1. The highest BCUT2D eigenvalue weighted by Crippen LogP contribution is 2.56. The molecule has 1 fully saturated rings. The number of hydrogen-bond donors (Lipinski definition) is 0. The normalized spacial score (nSPS) is 17.0. The summed E-state index contributed by atoms with van der Waals surface area (Å²) < 4.78 is 26.2. The van der Waals surface area contributed by atoms with Gasteiger partial charge in [-0.3, -0.25) is 28.3 Å². The molecule has 0 amide bonds. The van der Waals surface area contributed by atoms with Gasteiger partial charge in [-0.2, -0.15) is 0 Å². The van der Waals surface area contributed by atoms with Crippen molar-refractivity contribution in [1.82, 2.24) is 24.1 Å². The summed E-state index contributed by atoms with van der Waals surface area (Å²) in [5.41, 5.74) is -0.0912. The summed E-state index contributed by atoms with van der Waals surface area (Å²) in [6, 6.07) is 40.2. The summed E-state index contributed by atoms with van der Waals surface area (Å²) in [4.78, 5) is 63.6. The van der Waals surface area contributed by atoms with Crippen molar-refractivity contribution in [3.05, 3.63) is 148 Å². The lowest BCUT2D eigenvalue weighted by molar-refractivity contribution is -0.166. The summed E-state index contributed by atoms with van der Waals surface area (Å²) in [6.45, 7) is 3.59. The second-order valence-electron chi connectivity index (χ2n) is 16.4. The lowest BCUT2D eigenvalue weighted by Gasteiger charge is -2.27. The molecule has 1 aliphatic heterocycles. The Balaban J connectivity index is 0.00000720. The number of fused-ring (bicyclic) bond motifs is 1. The molecule has 1 saturated heterocycles. The van der Waals surface area contributed by atoms with Gasteiger partial charge in [0, 0.05) is 27.3 Å². The third-order valence-electron chi connectivity index (χ3n) is 11.8. The number of aryl methyl sites for hydroxylation is 1. The number of unbranched alkanes of at least 4 members (excludes halogenated alkanes) is 7. The summed E-state index contributed by atoms with van der Waals surface area (Å²) in [7, 11) is -1.83. The predicted octanol–water partition coefficient (Wildman–Crippen LogP) is 3.25. The molecule has 14 nitrogen and oxygen atoms in total. The predicted molar refractivity (Wildman–Crippen MR) is 250 cm³/mol. The van der Waals surface area contributed by atoms with Gasteiger partial charge in [0.15, 0.2) is 18.4 Å². The van der Waals surface area contributed by atoms with Crippen LogP contribution in [0.3, 0.4) is 0 Å². The maximum Gasteiger partial charge on any atom is 0.331 e. The highest BCUT2D eigenvalue weighted by Gasteiger charge is 2.51. The Morgan fingerprint density at radius 2 is 1.15 bits per heavy atom. The second-order valence-corrected chi connectivity index (χ2v) is 20.0. The molecular formula is C50H57BrN5O9P. The molecule has 3 heterocycles. The summed E-state index contributed by atoms with van der Waals surface area (Å²) in [5, 5.41) is 13.0. The molecule has 0 aliphatic carbocycles. The average Bonchev–Trinajstić information content (AvgIpc) is 3.91. The number of para-hydroxylation sites is 1. The van der Waals surface area contributed by atoms with Crippen LogP contribution in [0.2, 0.25) is 0 Å². The van der Waals surface area contributed by atoms with Crippen LogP contribution in [0.4, 0.5) is 0 Å². The molecule has 0 spiro atoms. The van der Waals surface area contributed by atoms with Crippen LogP contribution in [0, 0.1) is 0 Å². The molecule has 0 radical (unpaired) electrons. The number of ether oxygens (including phenoxy) is 4. The molecule has 348 valence electrons. The maximum atomic E-state index is 14.1. The molecule has 6 aromatic rings. The standard InChI is InChI=1S/C50H57N5O9P.BrH/c1-36(56)61-35-45-46(62-37(2)57)47(63-38(3)58)49(64-45)55-34-39(51-52-55)33-54-48(59)43-29-19-20-30-44(43)53(50(54)60)31-21-8-6-4-5-7-9-22-32-65(40-23-13-10-14-24-40,41-25-15-11-16-26-41)42-27-17-12-18-28-42;/h10-20,23-30,34,45-47,49H,4-9,21-22,31-33,35H2,1-3H3;1H/q+1;/p-1/t45-,46-,47-,49-;/m0./s1. The van der Waals surface area contributed by atoms with Gasteiger partial charge in [0.2, 0.25) is 0 Å². The van der Waals surface area contributed by atoms with Crippen molar-refractivity contribution in [2.75, 3.05) is 12.8 Å². The van der Waals surface area contributed by atoms with E-state index in [1.54, 1.807) is 22.8 Å². The highest BCUT2D eigenvalue weighted by atomic mass is 79.9. The number of halogens is 1. The number of rotatable bonds is 21. The minimum atomic E-state index is -1.83. The van der Waals surface area contributed by atoms with Gasteiger partial charge in [0.05, 0.1) is 29.8 Å². The fourth-order valence-corrected chi connectivity index (χ4v) is 13.3. The number of nitrogens with zero attached hydrogens (tertiary/aromatic N) is 5. The first kappa shape index (κ1) is 49.7. The zero-order chi connectivity index (χ0) is 45.8. The van der Waals surface area contributed by atoms with Crippen LogP contribution in [0.25, 0.3) is 10.9 Å². The lowest BCUT2D eigenvalue weighted by Crippen LogP contribution is -3.00. The molecule has 0 saturated carbocycles. The van der Waals surface area contributed by atoms with Gasteiger partial charge < -0.3 is 35.9 Å². The Hall–Kier alpha value is -5.76. The van der Waals surface area contributed by atoms with Crippen molar-refractivity contribution in [1.29, 1.82) is 0 Å². The van der Waals surface area contributed by atoms with Crippen molar-refractivity contribution in [2.24, 2.45) is 0 Å². The number of esters is 3. The first-order chi connectivity index (χ1) is 31.6. The molecule has 66 heavy (non-hydrogen) atoms. The fraction of sp³-hybridized carbons (Fsp3) is 0.380. The zero-order valence-electron chi connectivity index (χ0n) is 37.6. The van der Waals surface area contributed by atoms with Crippen LogP contribution >= 0.6 is 7.26 Å². The van der Waals surface area contributed by atoms with Crippen LogP contribution < -0.4 is 44.1 Å². The minimum Gasteiger partial charge on any atom is -1.00 e. The van der Waals surface area contributed by atoms with Gasteiger partial charge in [0.1, 0.15) is 41.6 Å². The highest BCUT2D eigenvalue weighted by molar-refractivity contribution is 7.95. The Bertz CT molecular complexity index is 2560. The van der Waals surface area contributed by atoms with Crippen LogP contribution in [0.15, 0.2) is 131 Å². The number of aromatic nitrogens is 5. The molecule has 0 N–H and O–H groups in total. The molecule has 4 atom stereocenters. The Morgan fingerprint density at radius 3 is 1.71 bits per heavy atom. The molecule has 7 rings (SSSR count). The summed E-state index contributed by atoms with van der Waals surface area (Å²) in [5.74, 6) is -1.91. The van der Waals surface area contributed by atoms with Gasteiger partial charge in [-0.1, -0.05) is 104 Å². The SMILES string of the molecule is CC(=O)OC[C@@H]1O[C@H](n2cc(Cn3c(=O)c4ccccc4n(CCCCCCCCCC[P+](c4ccccc4)(c4ccccc4)c4ccccc4)c3=O)nn2)[C@@H](OC(C)=O)[C@H]1OC(C)=O.[Br-]. The average molecular weight is 983 g/mol. The van der Waals surface area contributed by atoms with Crippen LogP contribution in [0.5, 0.6) is 0 Å². The summed E-state index contributed by atoms with van der Waals surface area (Å²) >= 11 is 0. The van der Waals surface area contributed by atoms with E-state index < -0.39 is 61.0 Å². The van der Waals surface area contributed by atoms with E-state index in [1.165, 1.54) is 47.6 Å². The summed E-state index contributed by atoms with van der Waals surface area (Å²) in [6.07, 6.45) is 6.66. The molecule has 2 aromatic heterocycles. The Labute approximate surface area is 395 Å². The van der Waals surface area contributed by atoms with Crippen molar-refractivity contribution >= 4 is 52.0 Å². The van der Waals surface area contributed by atoms with Gasteiger partial charge in [-0.15, -0.1) is 5.10 Å². The van der Waals surface area contributed by atoms with Crippen molar-refractivity contribution < 1.29 is 50.3 Å². The number of carbonyl (C=O) groups is 3. The van der Waals surface area contributed by atoms with E-state index >= 15 is 0 Å². The van der Waals surface area contributed by atoms with Gasteiger partial charge >= 0.3 is 23.6 Å². The van der Waals surface area contributed by atoms with Crippen molar-refractivity contribution in [3.8, 4) is 0 Å². The fourth-order valence-electron chi connectivity index (χ4n) is 8.87. The number of benzene rings is 4. The topological polar surface area (TPSA) is 163 Å². The minimum absolute atomic E-state index is 0. The van der Waals surface area contributed by atoms with E-state index in [0.29, 0.717) is 17.4 Å². The molecule has 16 heteroatoms. The molecule has 0 unspecified atom stereocenters. The Kier molecular flexibility index (Phi) is 17.8. The quantitative estimate of drug-likeness (QED) is 0.0451. The van der Waals surface area contributed by atoms with Crippen molar-refractivity contribution in [3.63, 3.8) is 0 Å². The van der Waals surface area contributed by atoms with Gasteiger partial charge in [0.25, 0.3) is 5.56 Å². The maximum absolute atomic E-state index is 14.1. The molecule has 0 bridgehead atoms. The van der Waals surface area contributed by atoms with E-state index in [-0.39, 0.29) is 35.8 Å². The van der Waals surface area contributed by atoms with Gasteiger partial charge in [-0.25, -0.2) is 9.48 Å². The van der Waals surface area contributed by atoms with Crippen LogP contribution in [0.1, 0.15) is 84.1 Å². The van der Waals surface area contributed by atoms with E-state index in [9.17, 15) is 24.0 Å². The number of carbonyl (C=O) groups excluding carboxylic acids is 3. The second kappa shape index (κ2) is 23.6. The van der Waals surface area contributed by atoms with Crippen LogP contribution in [-0.2, 0) is 46.4 Å². The molecular weight excluding hydrogens is 925 g/mol. The first-order valence-electron chi connectivity index (χ1n) is 22.4. The largest absolute Gasteiger partial charge is 1.00 e. The van der Waals surface area contributed by atoms with Gasteiger partial charge in [-0.05, 0) is 67.8 Å². The monoisotopic (exact) mass is 981 g/mol. The number of hydrogen-bond acceptors (Lipinski definition) is 11. The van der Waals surface area contributed by atoms with E-state index in [1.807, 2.05) is 6.07 Å². The molecule has 4 aromatic carbocycles. The smallest absolute Gasteiger partial charge is 0.331 e. The van der Waals surface area contributed by atoms with Crippen LogP contribution in [-0.4, -0.2) is 73.1 Å². The Morgan fingerprint density at radius 1 is 0.636 bits per heavy atom. The third kappa shape index (κ3) is 11.8. The zero-order valence-corrected chi connectivity index (χ0v) is 40.1.